The van der Waals surface area contributed by atoms with Crippen molar-refractivity contribution in [3.05, 3.63) is 46.6 Å². The Hall–Kier alpha value is -1.39. The number of benzene rings is 1. The smallest absolute Gasteiger partial charge is 0.240 e. The Balaban J connectivity index is 2.07. The van der Waals surface area contributed by atoms with Gasteiger partial charge in [-0.2, -0.15) is 4.98 Å². The second-order valence-electron chi connectivity index (χ2n) is 4.57. The number of hydrogen-bond donors (Lipinski definition) is 0. The molecule has 0 radical (unpaired) electrons. The largest absolute Gasteiger partial charge is 0.338 e. The first-order valence-corrected chi connectivity index (χ1v) is 6.75. The van der Waals surface area contributed by atoms with Gasteiger partial charge in [0, 0.05) is 17.5 Å². The van der Waals surface area contributed by atoms with Crippen molar-refractivity contribution in [3.63, 3.8) is 0 Å². The lowest BCUT2D eigenvalue weighted by Crippen LogP contribution is -2.22. The molecule has 0 aliphatic rings. The van der Waals surface area contributed by atoms with Crippen LogP contribution in [0.4, 0.5) is 0 Å². The Morgan fingerprint density at radius 1 is 1.37 bits per heavy atom. The highest BCUT2D eigenvalue weighted by molar-refractivity contribution is 6.31. The summed E-state index contributed by atoms with van der Waals surface area (Å²) in [6.45, 7) is 4.72. The molecule has 2 aromatic rings. The van der Waals surface area contributed by atoms with E-state index in [1.54, 1.807) is 0 Å². The summed E-state index contributed by atoms with van der Waals surface area (Å²) < 4.78 is 5.21. The minimum atomic E-state index is 0.186. The van der Waals surface area contributed by atoms with E-state index in [9.17, 15) is 0 Å². The van der Waals surface area contributed by atoms with Gasteiger partial charge in [-0.05, 0) is 25.6 Å². The molecular weight excluding hydrogens is 262 g/mol. The Morgan fingerprint density at radius 3 is 2.74 bits per heavy atom. The molecule has 0 bridgehead atoms. The second kappa shape index (κ2) is 6.17. The summed E-state index contributed by atoms with van der Waals surface area (Å²) in [5.41, 5.74) is 1.10. The van der Waals surface area contributed by atoms with Crippen LogP contribution in [0.2, 0.25) is 5.02 Å². The van der Waals surface area contributed by atoms with Gasteiger partial charge in [0.25, 0.3) is 0 Å². The van der Waals surface area contributed by atoms with Crippen molar-refractivity contribution < 1.29 is 4.52 Å². The van der Waals surface area contributed by atoms with Gasteiger partial charge in [0.15, 0.2) is 5.82 Å². The zero-order chi connectivity index (χ0) is 13.8. The van der Waals surface area contributed by atoms with Gasteiger partial charge in [0.05, 0.1) is 6.54 Å². The summed E-state index contributed by atoms with van der Waals surface area (Å²) >= 11 is 6.21. The van der Waals surface area contributed by atoms with Crippen molar-refractivity contribution in [1.82, 2.24) is 15.0 Å². The molecule has 0 unspecified atom stereocenters. The number of rotatable bonds is 5. The maximum absolute atomic E-state index is 6.21. The number of halogens is 1. The van der Waals surface area contributed by atoms with Gasteiger partial charge in [0.2, 0.25) is 5.89 Å². The second-order valence-corrected chi connectivity index (χ2v) is 4.98. The summed E-state index contributed by atoms with van der Waals surface area (Å²) in [6, 6.07) is 8.06. The quantitative estimate of drug-likeness (QED) is 0.840. The maximum atomic E-state index is 6.21. The molecule has 0 aliphatic heterocycles. The lowest BCUT2D eigenvalue weighted by Gasteiger charge is -2.24. The molecule has 1 aromatic heterocycles. The van der Waals surface area contributed by atoms with Gasteiger partial charge in [-0.15, -0.1) is 0 Å². The molecule has 4 nitrogen and oxygen atoms in total. The van der Waals surface area contributed by atoms with Gasteiger partial charge in [-0.1, -0.05) is 41.9 Å². The van der Waals surface area contributed by atoms with Gasteiger partial charge >= 0.3 is 0 Å². The zero-order valence-electron chi connectivity index (χ0n) is 11.4. The molecule has 0 N–H and O–H groups in total. The van der Waals surface area contributed by atoms with E-state index in [4.69, 9.17) is 16.1 Å². The zero-order valence-corrected chi connectivity index (χ0v) is 12.2. The normalized spacial score (nSPS) is 12.9. The summed E-state index contributed by atoms with van der Waals surface area (Å²) in [5, 5.41) is 4.68. The fourth-order valence-electron chi connectivity index (χ4n) is 1.90. The fraction of sp³-hybridized carbons (Fsp3) is 0.429. The molecule has 1 heterocycles. The minimum absolute atomic E-state index is 0.186. The van der Waals surface area contributed by atoms with Crippen LogP contribution in [0.1, 0.15) is 37.2 Å². The van der Waals surface area contributed by atoms with Crippen LogP contribution in [-0.4, -0.2) is 22.1 Å². The number of nitrogens with zero attached hydrogens (tertiary/aromatic N) is 3. The van der Waals surface area contributed by atoms with Crippen LogP contribution >= 0.6 is 11.6 Å². The van der Waals surface area contributed by atoms with Crippen LogP contribution in [0, 0.1) is 0 Å². The van der Waals surface area contributed by atoms with Crippen LogP contribution in [0.25, 0.3) is 0 Å². The van der Waals surface area contributed by atoms with E-state index in [1.165, 1.54) is 0 Å². The average Bonchev–Trinajstić information content (AvgIpc) is 2.86. The minimum Gasteiger partial charge on any atom is -0.338 e. The van der Waals surface area contributed by atoms with Gasteiger partial charge < -0.3 is 4.52 Å². The first kappa shape index (κ1) is 14.0. The number of hydrogen-bond acceptors (Lipinski definition) is 4. The van der Waals surface area contributed by atoms with Crippen molar-refractivity contribution in [2.75, 3.05) is 7.05 Å². The maximum Gasteiger partial charge on any atom is 0.240 e. The first-order chi connectivity index (χ1) is 9.11. The van der Waals surface area contributed by atoms with E-state index in [1.807, 2.05) is 38.2 Å². The van der Waals surface area contributed by atoms with Gasteiger partial charge in [-0.25, -0.2) is 0 Å². The molecule has 0 saturated heterocycles. The molecule has 5 heteroatoms. The fourth-order valence-corrected chi connectivity index (χ4v) is 2.19. The van der Waals surface area contributed by atoms with E-state index < -0.39 is 0 Å². The summed E-state index contributed by atoms with van der Waals surface area (Å²) in [7, 11) is 2.02. The Morgan fingerprint density at radius 2 is 2.11 bits per heavy atom. The molecule has 1 aromatic carbocycles. The molecule has 2 rings (SSSR count). The van der Waals surface area contributed by atoms with Crippen LogP contribution in [0.3, 0.4) is 0 Å². The van der Waals surface area contributed by atoms with Crippen LogP contribution < -0.4 is 0 Å². The molecule has 1 atom stereocenters. The Labute approximate surface area is 118 Å². The van der Waals surface area contributed by atoms with E-state index >= 15 is 0 Å². The van der Waals surface area contributed by atoms with Crippen LogP contribution in [0.15, 0.2) is 28.8 Å². The lowest BCUT2D eigenvalue weighted by molar-refractivity contribution is 0.216. The standard InChI is InChI=1S/C14H18ClN3O/c1-4-13-16-14(19-17-13)9-18(3)10(2)11-7-5-6-8-12(11)15/h5-8,10H,4,9H2,1-3H3/t10-/m1/s1. The highest BCUT2D eigenvalue weighted by Gasteiger charge is 2.17. The molecule has 102 valence electrons. The van der Waals surface area contributed by atoms with Crippen LogP contribution in [-0.2, 0) is 13.0 Å². The van der Waals surface area contributed by atoms with Crippen molar-refractivity contribution in [3.8, 4) is 0 Å². The first-order valence-electron chi connectivity index (χ1n) is 6.38. The van der Waals surface area contributed by atoms with Crippen molar-refractivity contribution in [1.29, 1.82) is 0 Å². The molecule has 0 fully saturated rings. The predicted octanol–water partition coefficient (Wildman–Crippen LogP) is 3.48. The van der Waals surface area contributed by atoms with Gasteiger partial charge in [-0.3, -0.25) is 4.90 Å². The van der Waals surface area contributed by atoms with E-state index in [0.717, 1.165) is 22.8 Å². The lowest BCUT2D eigenvalue weighted by atomic mass is 10.1. The van der Waals surface area contributed by atoms with Crippen molar-refractivity contribution >= 4 is 11.6 Å². The predicted molar refractivity (Wildman–Crippen MR) is 75.0 cm³/mol. The monoisotopic (exact) mass is 279 g/mol. The Bertz CT molecular complexity index is 541. The van der Waals surface area contributed by atoms with Crippen molar-refractivity contribution in [2.24, 2.45) is 0 Å². The summed E-state index contributed by atoms with van der Waals surface area (Å²) in [6.07, 6.45) is 0.785. The number of aromatic nitrogens is 2. The molecular formula is C14H18ClN3O. The third-order valence-electron chi connectivity index (χ3n) is 3.23. The Kier molecular flexibility index (Phi) is 4.56. The summed E-state index contributed by atoms with van der Waals surface area (Å²) in [4.78, 5) is 6.45. The molecule has 0 saturated carbocycles. The highest BCUT2D eigenvalue weighted by Crippen LogP contribution is 2.26. The molecule has 0 spiro atoms. The van der Waals surface area contributed by atoms with Gasteiger partial charge in [0.1, 0.15) is 0 Å². The molecule has 19 heavy (non-hydrogen) atoms. The number of aryl methyl sites for hydroxylation is 1. The average molecular weight is 280 g/mol. The highest BCUT2D eigenvalue weighted by atomic mass is 35.5. The topological polar surface area (TPSA) is 42.2 Å². The third-order valence-corrected chi connectivity index (χ3v) is 3.57. The summed E-state index contributed by atoms with van der Waals surface area (Å²) in [5.74, 6) is 1.38. The SMILES string of the molecule is CCc1noc(CN(C)[C@H](C)c2ccccc2Cl)n1. The third kappa shape index (κ3) is 3.33. The molecule has 0 aliphatic carbocycles. The van der Waals surface area contributed by atoms with E-state index in [-0.39, 0.29) is 6.04 Å². The van der Waals surface area contributed by atoms with E-state index in [0.29, 0.717) is 12.4 Å². The molecule has 0 amide bonds. The van der Waals surface area contributed by atoms with Crippen molar-refractivity contribution in [2.45, 2.75) is 32.9 Å². The van der Waals surface area contributed by atoms with E-state index in [2.05, 4.69) is 22.0 Å². The van der Waals surface area contributed by atoms with Crippen LogP contribution in [0.5, 0.6) is 0 Å².